The molecule has 0 radical (unpaired) electrons. The minimum Gasteiger partial charge on any atom is -0.506 e. The van der Waals surface area contributed by atoms with Crippen LogP contribution in [0.3, 0.4) is 0 Å². The molecular weight excluding hydrogens is 305 g/mol. The van der Waals surface area contributed by atoms with E-state index in [1.807, 2.05) is 0 Å². The van der Waals surface area contributed by atoms with Crippen molar-refractivity contribution in [1.82, 2.24) is 5.32 Å². The van der Waals surface area contributed by atoms with E-state index >= 15 is 0 Å². The van der Waals surface area contributed by atoms with E-state index in [0.717, 1.165) is 18.0 Å². The fraction of sp³-hybridized carbons (Fsp3) is 0.647. The largest absolute Gasteiger partial charge is 0.506 e. The molecule has 0 aliphatic heterocycles. The average Bonchev–Trinajstić information content (AvgIpc) is 2.83. The summed E-state index contributed by atoms with van der Waals surface area (Å²) in [5, 5.41) is 14.4. The summed E-state index contributed by atoms with van der Waals surface area (Å²) in [7, 11) is 0. The van der Waals surface area contributed by atoms with Crippen LogP contribution in [0.5, 0.6) is 5.75 Å². The SMILES string of the molecule is CC(C)CC1(CNCc2cc(Cl)cc(Cl)c2O)CCCC1. The topological polar surface area (TPSA) is 32.3 Å². The lowest BCUT2D eigenvalue weighted by atomic mass is 9.78. The molecule has 4 heteroatoms. The van der Waals surface area contributed by atoms with E-state index in [2.05, 4.69) is 19.2 Å². The summed E-state index contributed by atoms with van der Waals surface area (Å²) in [5.41, 5.74) is 1.19. The average molecular weight is 330 g/mol. The van der Waals surface area contributed by atoms with E-state index in [1.165, 1.54) is 32.1 Å². The molecule has 1 saturated carbocycles. The minimum atomic E-state index is 0.137. The fourth-order valence-corrected chi connectivity index (χ4v) is 4.20. The number of hydrogen-bond acceptors (Lipinski definition) is 2. The van der Waals surface area contributed by atoms with Gasteiger partial charge in [0.15, 0.2) is 0 Å². The molecule has 0 heterocycles. The maximum Gasteiger partial charge on any atom is 0.138 e. The van der Waals surface area contributed by atoms with Gasteiger partial charge < -0.3 is 10.4 Å². The standard InChI is InChI=1S/C17H25Cl2NO/c1-12(2)9-17(5-3-4-6-17)11-20-10-13-7-14(18)8-15(19)16(13)21/h7-8,12,20-21H,3-6,9-11H2,1-2H3. The molecule has 1 fully saturated rings. The van der Waals surface area contributed by atoms with Gasteiger partial charge in [-0.1, -0.05) is 49.9 Å². The fourth-order valence-electron chi connectivity index (χ4n) is 3.66. The Bertz CT molecular complexity index is 482. The summed E-state index contributed by atoms with van der Waals surface area (Å²) in [6.07, 6.45) is 6.55. The van der Waals surface area contributed by atoms with Gasteiger partial charge in [0.05, 0.1) is 5.02 Å². The van der Waals surface area contributed by atoms with Crippen molar-refractivity contribution in [1.29, 1.82) is 0 Å². The van der Waals surface area contributed by atoms with Gasteiger partial charge in [-0.25, -0.2) is 0 Å². The number of phenolic OH excluding ortho intramolecular Hbond substituents is 1. The van der Waals surface area contributed by atoms with Crippen LogP contribution >= 0.6 is 23.2 Å². The molecule has 0 spiro atoms. The first-order valence-corrected chi connectivity index (χ1v) is 8.55. The Hall–Kier alpha value is -0.440. The zero-order valence-corrected chi connectivity index (χ0v) is 14.4. The van der Waals surface area contributed by atoms with Crippen molar-refractivity contribution in [2.75, 3.05) is 6.54 Å². The van der Waals surface area contributed by atoms with Crippen LogP contribution in [0, 0.1) is 11.3 Å². The van der Waals surface area contributed by atoms with Gasteiger partial charge in [-0.05, 0) is 42.7 Å². The molecule has 118 valence electrons. The van der Waals surface area contributed by atoms with Crippen molar-refractivity contribution in [2.24, 2.45) is 11.3 Å². The van der Waals surface area contributed by atoms with Crippen molar-refractivity contribution in [3.05, 3.63) is 27.7 Å². The highest BCUT2D eigenvalue weighted by atomic mass is 35.5. The number of nitrogens with one attached hydrogen (secondary N) is 1. The molecule has 2 N–H and O–H groups in total. The zero-order valence-electron chi connectivity index (χ0n) is 12.9. The van der Waals surface area contributed by atoms with Crippen molar-refractivity contribution in [3.63, 3.8) is 0 Å². The van der Waals surface area contributed by atoms with E-state index in [1.54, 1.807) is 12.1 Å². The summed E-state index contributed by atoms with van der Waals surface area (Å²) < 4.78 is 0. The Morgan fingerprint density at radius 2 is 1.90 bits per heavy atom. The maximum atomic E-state index is 9.99. The van der Waals surface area contributed by atoms with Gasteiger partial charge in [0, 0.05) is 23.7 Å². The minimum absolute atomic E-state index is 0.137. The Labute approximate surface area is 137 Å². The normalized spacial score (nSPS) is 17.6. The first-order chi connectivity index (χ1) is 9.92. The summed E-state index contributed by atoms with van der Waals surface area (Å²) >= 11 is 12.0. The summed E-state index contributed by atoms with van der Waals surface area (Å²) in [5.74, 6) is 0.858. The van der Waals surface area contributed by atoms with E-state index in [-0.39, 0.29) is 5.75 Å². The highest BCUT2D eigenvalue weighted by Gasteiger charge is 2.33. The third-order valence-electron chi connectivity index (χ3n) is 4.43. The van der Waals surface area contributed by atoms with Crippen molar-refractivity contribution in [3.8, 4) is 5.75 Å². The first kappa shape index (κ1) is 16.9. The van der Waals surface area contributed by atoms with Gasteiger partial charge in [-0.2, -0.15) is 0 Å². The van der Waals surface area contributed by atoms with Crippen LogP contribution in [-0.4, -0.2) is 11.7 Å². The number of benzene rings is 1. The monoisotopic (exact) mass is 329 g/mol. The Kier molecular flexibility index (Phi) is 5.81. The number of aromatic hydroxyl groups is 1. The van der Waals surface area contributed by atoms with E-state index in [9.17, 15) is 5.11 Å². The number of rotatable bonds is 6. The summed E-state index contributed by atoms with van der Waals surface area (Å²) in [6.45, 7) is 6.19. The molecule has 21 heavy (non-hydrogen) atoms. The molecule has 1 aromatic carbocycles. The van der Waals surface area contributed by atoms with Crippen LogP contribution in [0.2, 0.25) is 10.0 Å². The lowest BCUT2D eigenvalue weighted by molar-refractivity contribution is 0.223. The molecule has 0 bridgehead atoms. The Balaban J connectivity index is 1.97. The summed E-state index contributed by atoms with van der Waals surface area (Å²) in [4.78, 5) is 0. The third-order valence-corrected chi connectivity index (χ3v) is 4.93. The van der Waals surface area contributed by atoms with Gasteiger partial charge in [0.2, 0.25) is 0 Å². The maximum absolute atomic E-state index is 9.99. The molecule has 0 aromatic heterocycles. The molecular formula is C17H25Cl2NO. The number of hydrogen-bond donors (Lipinski definition) is 2. The quantitative estimate of drug-likeness (QED) is 0.732. The molecule has 1 aromatic rings. The molecule has 0 unspecified atom stereocenters. The molecule has 0 saturated heterocycles. The predicted octanol–water partition coefficient (Wildman–Crippen LogP) is 5.40. The van der Waals surface area contributed by atoms with Crippen LogP contribution < -0.4 is 5.32 Å². The lowest BCUT2D eigenvalue weighted by Crippen LogP contribution is -2.33. The van der Waals surface area contributed by atoms with Gasteiger partial charge in [0.1, 0.15) is 5.75 Å². The summed E-state index contributed by atoms with van der Waals surface area (Å²) in [6, 6.07) is 3.35. The third kappa shape index (κ3) is 4.51. The van der Waals surface area contributed by atoms with Crippen LogP contribution in [0.15, 0.2) is 12.1 Å². The number of halogens is 2. The lowest BCUT2D eigenvalue weighted by Gasteiger charge is -2.31. The Morgan fingerprint density at radius 3 is 2.52 bits per heavy atom. The van der Waals surface area contributed by atoms with Gasteiger partial charge in [0.25, 0.3) is 0 Å². The van der Waals surface area contributed by atoms with Crippen molar-refractivity contribution in [2.45, 2.75) is 52.5 Å². The smallest absolute Gasteiger partial charge is 0.138 e. The molecule has 0 amide bonds. The first-order valence-electron chi connectivity index (χ1n) is 7.79. The Morgan fingerprint density at radius 1 is 1.24 bits per heavy atom. The molecule has 2 rings (SSSR count). The van der Waals surface area contributed by atoms with Crippen LogP contribution in [0.1, 0.15) is 51.5 Å². The molecule has 1 aliphatic carbocycles. The zero-order chi connectivity index (χ0) is 15.5. The second kappa shape index (κ2) is 7.21. The molecule has 0 atom stereocenters. The second-order valence-electron chi connectivity index (χ2n) is 6.80. The number of phenols is 1. The molecule has 1 aliphatic rings. The van der Waals surface area contributed by atoms with Gasteiger partial charge in [-0.15, -0.1) is 0 Å². The van der Waals surface area contributed by atoms with Gasteiger partial charge in [-0.3, -0.25) is 0 Å². The van der Waals surface area contributed by atoms with Crippen molar-refractivity contribution < 1.29 is 5.11 Å². The van der Waals surface area contributed by atoms with E-state index in [0.29, 0.717) is 22.0 Å². The van der Waals surface area contributed by atoms with E-state index < -0.39 is 0 Å². The molecule has 2 nitrogen and oxygen atoms in total. The highest BCUT2D eigenvalue weighted by Crippen LogP contribution is 2.42. The van der Waals surface area contributed by atoms with Gasteiger partial charge >= 0.3 is 0 Å². The van der Waals surface area contributed by atoms with Crippen LogP contribution in [-0.2, 0) is 6.54 Å². The predicted molar refractivity (Wildman–Crippen MR) is 90.2 cm³/mol. The van der Waals surface area contributed by atoms with E-state index in [4.69, 9.17) is 23.2 Å². The highest BCUT2D eigenvalue weighted by molar-refractivity contribution is 6.35. The van der Waals surface area contributed by atoms with Crippen LogP contribution in [0.25, 0.3) is 0 Å². The second-order valence-corrected chi connectivity index (χ2v) is 7.65. The van der Waals surface area contributed by atoms with Crippen LogP contribution in [0.4, 0.5) is 0 Å². The van der Waals surface area contributed by atoms with Crippen molar-refractivity contribution >= 4 is 23.2 Å².